The van der Waals surface area contributed by atoms with Crippen molar-refractivity contribution in [2.24, 2.45) is 0 Å². The van der Waals surface area contributed by atoms with Gasteiger partial charge in [-0.15, -0.1) is 0 Å². The van der Waals surface area contributed by atoms with E-state index in [2.05, 4.69) is 10.3 Å². The van der Waals surface area contributed by atoms with Crippen LogP contribution >= 0.6 is 0 Å². The van der Waals surface area contributed by atoms with E-state index in [4.69, 9.17) is 5.73 Å². The van der Waals surface area contributed by atoms with Crippen molar-refractivity contribution < 1.29 is 4.79 Å². The number of nitrogen functional groups attached to an aromatic ring is 1. The van der Waals surface area contributed by atoms with Gasteiger partial charge in [0.1, 0.15) is 0 Å². The number of carbonyl (C=O) groups is 1. The van der Waals surface area contributed by atoms with Crippen LogP contribution in [0.15, 0.2) is 42.6 Å². The maximum Gasteiger partial charge on any atom is 0.253 e. The molecule has 0 saturated carbocycles. The predicted octanol–water partition coefficient (Wildman–Crippen LogP) is 2.54. The van der Waals surface area contributed by atoms with E-state index in [1.807, 2.05) is 31.2 Å². The zero-order valence-electron chi connectivity index (χ0n) is 12.5. The first-order valence-electron chi connectivity index (χ1n) is 6.77. The summed E-state index contributed by atoms with van der Waals surface area (Å²) >= 11 is 0. The van der Waals surface area contributed by atoms with Gasteiger partial charge < -0.3 is 16.0 Å². The second-order valence-electron chi connectivity index (χ2n) is 5.12. The van der Waals surface area contributed by atoms with Crippen LogP contribution in [0.4, 0.5) is 11.4 Å². The molecular formula is C16H20N4O. The van der Waals surface area contributed by atoms with Crippen LogP contribution < -0.4 is 11.1 Å². The van der Waals surface area contributed by atoms with Crippen molar-refractivity contribution in [2.45, 2.75) is 13.0 Å². The summed E-state index contributed by atoms with van der Waals surface area (Å²) in [5, 5.41) is 3.31. The molecule has 21 heavy (non-hydrogen) atoms. The van der Waals surface area contributed by atoms with Crippen LogP contribution in [0.1, 0.15) is 29.0 Å². The molecule has 1 amide bonds. The maximum absolute atomic E-state index is 11.9. The SMILES string of the molecule is CC(Nc1ccc(C(=O)N(C)C)cc1N)c1ccccn1. The van der Waals surface area contributed by atoms with E-state index >= 15 is 0 Å². The molecule has 1 aromatic carbocycles. The lowest BCUT2D eigenvalue weighted by Gasteiger charge is -2.17. The lowest BCUT2D eigenvalue weighted by atomic mass is 10.1. The number of hydrogen-bond acceptors (Lipinski definition) is 4. The molecule has 2 aromatic rings. The number of nitrogens with two attached hydrogens (primary N) is 1. The average Bonchev–Trinajstić information content (AvgIpc) is 2.49. The number of benzene rings is 1. The van der Waals surface area contributed by atoms with Gasteiger partial charge in [0.2, 0.25) is 0 Å². The molecule has 110 valence electrons. The molecule has 0 bridgehead atoms. The molecule has 0 spiro atoms. The molecule has 1 atom stereocenters. The third kappa shape index (κ3) is 3.51. The van der Waals surface area contributed by atoms with Crippen LogP contribution in [0.5, 0.6) is 0 Å². The van der Waals surface area contributed by atoms with Crippen LogP contribution in [-0.4, -0.2) is 29.9 Å². The van der Waals surface area contributed by atoms with Gasteiger partial charge in [-0.2, -0.15) is 0 Å². The summed E-state index contributed by atoms with van der Waals surface area (Å²) in [5.74, 6) is -0.0639. The Hall–Kier alpha value is -2.56. The van der Waals surface area contributed by atoms with Gasteiger partial charge in [0, 0.05) is 25.9 Å². The van der Waals surface area contributed by atoms with E-state index in [9.17, 15) is 4.79 Å². The van der Waals surface area contributed by atoms with Gasteiger partial charge in [-0.25, -0.2) is 0 Å². The average molecular weight is 284 g/mol. The van der Waals surface area contributed by atoms with Crippen molar-refractivity contribution in [3.05, 3.63) is 53.9 Å². The number of anilines is 2. The highest BCUT2D eigenvalue weighted by molar-refractivity contribution is 5.95. The fourth-order valence-electron chi connectivity index (χ4n) is 2.02. The Bertz CT molecular complexity index is 625. The number of amides is 1. The van der Waals surface area contributed by atoms with Gasteiger partial charge in [0.25, 0.3) is 5.91 Å². The van der Waals surface area contributed by atoms with Gasteiger partial charge >= 0.3 is 0 Å². The Labute approximate surface area is 124 Å². The van der Waals surface area contributed by atoms with Crippen LogP contribution in [0.25, 0.3) is 0 Å². The number of rotatable bonds is 4. The van der Waals surface area contributed by atoms with Crippen molar-refractivity contribution in [1.29, 1.82) is 0 Å². The molecule has 5 nitrogen and oxygen atoms in total. The van der Waals surface area contributed by atoms with Gasteiger partial charge in [-0.3, -0.25) is 9.78 Å². The number of aromatic nitrogens is 1. The van der Waals surface area contributed by atoms with Crippen molar-refractivity contribution in [1.82, 2.24) is 9.88 Å². The van der Waals surface area contributed by atoms with Gasteiger partial charge in [-0.1, -0.05) is 6.07 Å². The Morgan fingerprint density at radius 1 is 1.29 bits per heavy atom. The minimum absolute atomic E-state index is 0.0314. The molecule has 1 unspecified atom stereocenters. The van der Waals surface area contributed by atoms with Gasteiger partial charge in [0.15, 0.2) is 0 Å². The molecule has 0 fully saturated rings. The Kier molecular flexibility index (Phi) is 4.42. The number of pyridine rings is 1. The highest BCUT2D eigenvalue weighted by Gasteiger charge is 2.12. The Balaban J connectivity index is 2.17. The molecule has 0 aliphatic rings. The fourth-order valence-corrected chi connectivity index (χ4v) is 2.02. The molecule has 0 aliphatic carbocycles. The van der Waals surface area contributed by atoms with E-state index in [0.29, 0.717) is 11.3 Å². The van der Waals surface area contributed by atoms with Crippen molar-refractivity contribution in [2.75, 3.05) is 25.1 Å². The predicted molar refractivity (Wildman–Crippen MR) is 85.1 cm³/mol. The minimum Gasteiger partial charge on any atom is -0.397 e. The molecule has 3 N–H and O–H groups in total. The standard InChI is InChI=1S/C16H20N4O/c1-11(14-6-4-5-9-18-14)19-15-8-7-12(10-13(15)17)16(21)20(2)3/h4-11,19H,17H2,1-3H3. The fraction of sp³-hybridized carbons (Fsp3) is 0.250. The molecule has 1 aromatic heterocycles. The van der Waals surface area contributed by atoms with Crippen LogP contribution in [0.3, 0.4) is 0 Å². The first-order chi connectivity index (χ1) is 9.99. The topological polar surface area (TPSA) is 71.2 Å². The molecule has 0 aliphatic heterocycles. The quantitative estimate of drug-likeness (QED) is 0.846. The number of nitrogens with one attached hydrogen (secondary N) is 1. The van der Waals surface area contributed by atoms with Gasteiger partial charge in [0.05, 0.1) is 23.1 Å². The van der Waals surface area contributed by atoms with Gasteiger partial charge in [-0.05, 0) is 37.3 Å². The molecule has 0 radical (unpaired) electrons. The largest absolute Gasteiger partial charge is 0.397 e. The molecule has 2 rings (SSSR count). The zero-order chi connectivity index (χ0) is 15.4. The third-order valence-electron chi connectivity index (χ3n) is 3.21. The summed E-state index contributed by atoms with van der Waals surface area (Å²) in [6.45, 7) is 2.01. The van der Waals surface area contributed by atoms with E-state index < -0.39 is 0 Å². The van der Waals surface area contributed by atoms with Crippen LogP contribution in [0.2, 0.25) is 0 Å². The van der Waals surface area contributed by atoms with E-state index in [-0.39, 0.29) is 11.9 Å². The molecule has 0 saturated heterocycles. The summed E-state index contributed by atoms with van der Waals surface area (Å²) in [6, 6.07) is 11.1. The number of nitrogens with zero attached hydrogens (tertiary/aromatic N) is 2. The smallest absolute Gasteiger partial charge is 0.253 e. The summed E-state index contributed by atoms with van der Waals surface area (Å²) in [4.78, 5) is 17.7. The number of carbonyl (C=O) groups excluding carboxylic acids is 1. The summed E-state index contributed by atoms with van der Waals surface area (Å²) in [6.07, 6.45) is 1.76. The first-order valence-corrected chi connectivity index (χ1v) is 6.77. The van der Waals surface area contributed by atoms with E-state index in [0.717, 1.165) is 11.4 Å². The van der Waals surface area contributed by atoms with Crippen molar-refractivity contribution in [3.63, 3.8) is 0 Å². The molecular weight excluding hydrogens is 264 g/mol. The van der Waals surface area contributed by atoms with E-state index in [1.54, 1.807) is 32.4 Å². The minimum atomic E-state index is -0.0639. The van der Waals surface area contributed by atoms with Crippen LogP contribution in [-0.2, 0) is 0 Å². The molecule has 1 heterocycles. The normalized spacial score (nSPS) is 11.8. The summed E-state index contributed by atoms with van der Waals surface area (Å²) in [7, 11) is 3.43. The summed E-state index contributed by atoms with van der Waals surface area (Å²) < 4.78 is 0. The first kappa shape index (κ1) is 14.8. The zero-order valence-corrected chi connectivity index (χ0v) is 12.5. The van der Waals surface area contributed by atoms with Crippen molar-refractivity contribution in [3.8, 4) is 0 Å². The maximum atomic E-state index is 11.9. The lowest BCUT2D eigenvalue weighted by Crippen LogP contribution is -2.21. The monoisotopic (exact) mass is 284 g/mol. The van der Waals surface area contributed by atoms with Crippen molar-refractivity contribution >= 4 is 17.3 Å². The molecule has 5 heteroatoms. The van der Waals surface area contributed by atoms with Crippen LogP contribution in [0, 0.1) is 0 Å². The van der Waals surface area contributed by atoms with E-state index in [1.165, 1.54) is 4.90 Å². The second kappa shape index (κ2) is 6.26. The Morgan fingerprint density at radius 3 is 2.62 bits per heavy atom. The number of hydrogen-bond donors (Lipinski definition) is 2. The Morgan fingerprint density at radius 2 is 2.05 bits per heavy atom. The second-order valence-corrected chi connectivity index (χ2v) is 5.12. The lowest BCUT2D eigenvalue weighted by molar-refractivity contribution is 0.0827. The highest BCUT2D eigenvalue weighted by Crippen LogP contribution is 2.24. The third-order valence-corrected chi connectivity index (χ3v) is 3.21. The highest BCUT2D eigenvalue weighted by atomic mass is 16.2. The summed E-state index contributed by atoms with van der Waals surface area (Å²) in [5.41, 5.74) is 8.89.